The zero-order valence-electron chi connectivity index (χ0n) is 17.0. The SMILES string of the molecule is CCCCCOc1ccc(C(=O)N2CCC(c3nc4ccccc4o3)CC2)cc1. The number of hydrogen-bond donors (Lipinski definition) is 0. The van der Waals surface area contributed by atoms with Gasteiger partial charge in [-0.3, -0.25) is 4.79 Å². The largest absolute Gasteiger partial charge is 0.494 e. The molecule has 0 N–H and O–H groups in total. The van der Waals surface area contributed by atoms with Crippen LogP contribution in [0.3, 0.4) is 0 Å². The molecule has 0 bridgehead atoms. The second-order valence-electron chi connectivity index (χ2n) is 7.67. The van der Waals surface area contributed by atoms with Crippen LogP contribution in [0.5, 0.6) is 5.75 Å². The Kier molecular flexibility index (Phi) is 6.13. The van der Waals surface area contributed by atoms with Gasteiger partial charge in [-0.05, 0) is 55.7 Å². The topological polar surface area (TPSA) is 55.6 Å². The number of rotatable bonds is 7. The lowest BCUT2D eigenvalue weighted by Crippen LogP contribution is -2.37. The number of oxazole rings is 1. The van der Waals surface area contributed by atoms with Gasteiger partial charge in [0.05, 0.1) is 6.61 Å². The van der Waals surface area contributed by atoms with Gasteiger partial charge in [0.25, 0.3) is 5.91 Å². The van der Waals surface area contributed by atoms with Crippen LogP contribution >= 0.6 is 0 Å². The number of carbonyl (C=O) groups excluding carboxylic acids is 1. The number of carbonyl (C=O) groups is 1. The van der Waals surface area contributed by atoms with Crippen LogP contribution in [0, 0.1) is 0 Å². The number of nitrogens with zero attached hydrogens (tertiary/aromatic N) is 2. The van der Waals surface area contributed by atoms with E-state index in [0.29, 0.717) is 5.56 Å². The van der Waals surface area contributed by atoms with Gasteiger partial charge >= 0.3 is 0 Å². The highest BCUT2D eigenvalue weighted by molar-refractivity contribution is 5.94. The van der Waals surface area contributed by atoms with Gasteiger partial charge in [0.1, 0.15) is 11.3 Å². The fraction of sp³-hybridized carbons (Fsp3) is 0.417. The summed E-state index contributed by atoms with van der Waals surface area (Å²) in [5.41, 5.74) is 2.45. The molecule has 0 radical (unpaired) electrons. The van der Waals surface area contributed by atoms with Crippen molar-refractivity contribution in [3.8, 4) is 5.75 Å². The normalized spacial score (nSPS) is 15.0. The average Bonchev–Trinajstić information content (AvgIpc) is 3.21. The van der Waals surface area contributed by atoms with Crippen LogP contribution < -0.4 is 4.74 Å². The quantitative estimate of drug-likeness (QED) is 0.504. The number of fused-ring (bicyclic) bond motifs is 1. The van der Waals surface area contributed by atoms with E-state index < -0.39 is 0 Å². The van der Waals surface area contributed by atoms with Crippen molar-refractivity contribution in [2.24, 2.45) is 0 Å². The number of para-hydroxylation sites is 2. The Hall–Kier alpha value is -2.82. The maximum atomic E-state index is 12.8. The lowest BCUT2D eigenvalue weighted by Gasteiger charge is -2.30. The molecule has 0 saturated carbocycles. The first-order valence-corrected chi connectivity index (χ1v) is 10.6. The van der Waals surface area contributed by atoms with Crippen LogP contribution in [0.2, 0.25) is 0 Å². The molecule has 0 spiro atoms. The minimum absolute atomic E-state index is 0.0820. The molecule has 29 heavy (non-hydrogen) atoms. The fourth-order valence-electron chi connectivity index (χ4n) is 3.81. The lowest BCUT2D eigenvalue weighted by atomic mass is 9.96. The molecule has 2 aromatic carbocycles. The molecular formula is C24H28N2O3. The molecule has 0 atom stereocenters. The fourth-order valence-corrected chi connectivity index (χ4v) is 3.81. The third-order valence-electron chi connectivity index (χ3n) is 5.56. The van der Waals surface area contributed by atoms with Crippen molar-refractivity contribution in [1.29, 1.82) is 0 Å². The number of amides is 1. The molecule has 5 nitrogen and oxygen atoms in total. The van der Waals surface area contributed by atoms with Crippen LogP contribution in [0.15, 0.2) is 52.9 Å². The number of unbranched alkanes of at least 4 members (excludes halogenated alkanes) is 2. The van der Waals surface area contributed by atoms with E-state index in [4.69, 9.17) is 9.15 Å². The van der Waals surface area contributed by atoms with Crippen LogP contribution in [0.25, 0.3) is 11.1 Å². The molecule has 0 aliphatic carbocycles. The van der Waals surface area contributed by atoms with E-state index in [0.717, 1.165) is 61.7 Å². The number of hydrogen-bond acceptors (Lipinski definition) is 4. The van der Waals surface area contributed by atoms with Crippen molar-refractivity contribution < 1.29 is 13.9 Å². The van der Waals surface area contributed by atoms with E-state index in [1.54, 1.807) is 0 Å². The summed E-state index contributed by atoms with van der Waals surface area (Å²) in [4.78, 5) is 19.4. The van der Waals surface area contributed by atoms with E-state index in [-0.39, 0.29) is 11.8 Å². The maximum absolute atomic E-state index is 12.8. The van der Waals surface area contributed by atoms with Crippen molar-refractivity contribution >= 4 is 17.0 Å². The number of benzene rings is 2. The molecule has 152 valence electrons. The highest BCUT2D eigenvalue weighted by Gasteiger charge is 2.27. The third kappa shape index (κ3) is 4.61. The first-order chi connectivity index (χ1) is 14.2. The Labute approximate surface area is 171 Å². The molecule has 1 aliphatic rings. The average molecular weight is 392 g/mol. The van der Waals surface area contributed by atoms with Crippen LogP contribution in [-0.2, 0) is 0 Å². The summed E-state index contributed by atoms with van der Waals surface area (Å²) in [6.07, 6.45) is 5.16. The van der Waals surface area contributed by atoms with Gasteiger partial charge in [-0.15, -0.1) is 0 Å². The van der Waals surface area contributed by atoms with Gasteiger partial charge in [0.15, 0.2) is 11.5 Å². The Morgan fingerprint density at radius 2 is 1.86 bits per heavy atom. The van der Waals surface area contributed by atoms with Crippen LogP contribution in [0.1, 0.15) is 61.2 Å². The number of likely N-dealkylation sites (tertiary alicyclic amines) is 1. The summed E-state index contributed by atoms with van der Waals surface area (Å²) < 4.78 is 11.7. The maximum Gasteiger partial charge on any atom is 0.253 e. The summed E-state index contributed by atoms with van der Waals surface area (Å²) in [5.74, 6) is 1.97. The summed E-state index contributed by atoms with van der Waals surface area (Å²) in [6.45, 7) is 4.34. The van der Waals surface area contributed by atoms with Crippen molar-refractivity contribution in [1.82, 2.24) is 9.88 Å². The zero-order chi connectivity index (χ0) is 20.1. The molecule has 1 amide bonds. The Balaban J connectivity index is 1.31. The molecule has 5 heteroatoms. The Morgan fingerprint density at radius 3 is 2.59 bits per heavy atom. The highest BCUT2D eigenvalue weighted by Crippen LogP contribution is 2.30. The summed E-state index contributed by atoms with van der Waals surface area (Å²) >= 11 is 0. The van der Waals surface area contributed by atoms with E-state index in [1.165, 1.54) is 12.8 Å². The van der Waals surface area contributed by atoms with Crippen LogP contribution in [-0.4, -0.2) is 35.5 Å². The van der Waals surface area contributed by atoms with Crippen molar-refractivity contribution in [2.75, 3.05) is 19.7 Å². The van der Waals surface area contributed by atoms with Crippen molar-refractivity contribution in [2.45, 2.75) is 44.9 Å². The zero-order valence-corrected chi connectivity index (χ0v) is 17.0. The monoisotopic (exact) mass is 392 g/mol. The molecular weight excluding hydrogens is 364 g/mol. The second kappa shape index (κ2) is 9.12. The predicted molar refractivity (Wildman–Crippen MR) is 113 cm³/mol. The van der Waals surface area contributed by atoms with Gasteiger partial charge in [-0.2, -0.15) is 0 Å². The Bertz CT molecular complexity index is 907. The molecule has 2 heterocycles. The minimum Gasteiger partial charge on any atom is -0.494 e. The molecule has 4 rings (SSSR count). The van der Waals surface area contributed by atoms with Crippen molar-refractivity contribution in [3.05, 3.63) is 60.0 Å². The number of ether oxygens (including phenoxy) is 1. The molecule has 1 aliphatic heterocycles. The number of piperidine rings is 1. The van der Waals surface area contributed by atoms with Crippen molar-refractivity contribution in [3.63, 3.8) is 0 Å². The molecule has 1 aromatic heterocycles. The van der Waals surface area contributed by atoms with Gasteiger partial charge in [0.2, 0.25) is 0 Å². The molecule has 1 saturated heterocycles. The molecule has 3 aromatic rings. The smallest absolute Gasteiger partial charge is 0.253 e. The van der Waals surface area contributed by atoms with Gasteiger partial charge in [-0.25, -0.2) is 4.98 Å². The summed E-state index contributed by atoms with van der Waals surface area (Å²) in [5, 5.41) is 0. The first kappa shape index (κ1) is 19.5. The van der Waals surface area contributed by atoms with Gasteiger partial charge in [0, 0.05) is 24.6 Å². The van der Waals surface area contributed by atoms with Crippen LogP contribution in [0.4, 0.5) is 0 Å². The molecule has 1 fully saturated rings. The summed E-state index contributed by atoms with van der Waals surface area (Å²) in [6, 6.07) is 15.4. The van der Waals surface area contributed by atoms with E-state index in [1.807, 2.05) is 53.4 Å². The lowest BCUT2D eigenvalue weighted by molar-refractivity contribution is 0.0706. The van der Waals surface area contributed by atoms with E-state index in [9.17, 15) is 4.79 Å². The van der Waals surface area contributed by atoms with E-state index >= 15 is 0 Å². The second-order valence-corrected chi connectivity index (χ2v) is 7.67. The third-order valence-corrected chi connectivity index (χ3v) is 5.56. The highest BCUT2D eigenvalue weighted by atomic mass is 16.5. The standard InChI is InChI=1S/C24H28N2O3/c1-2-3-6-17-28-20-11-9-19(10-12-20)24(27)26-15-13-18(14-16-26)23-25-21-7-4-5-8-22(21)29-23/h4-5,7-12,18H,2-3,6,13-17H2,1H3. The molecule has 0 unspecified atom stereocenters. The predicted octanol–water partition coefficient (Wildman–Crippen LogP) is 5.42. The summed E-state index contributed by atoms with van der Waals surface area (Å²) in [7, 11) is 0. The first-order valence-electron chi connectivity index (χ1n) is 10.6. The van der Waals surface area contributed by atoms with E-state index in [2.05, 4.69) is 11.9 Å². The van der Waals surface area contributed by atoms with Gasteiger partial charge < -0.3 is 14.1 Å². The minimum atomic E-state index is 0.0820. The van der Waals surface area contributed by atoms with Gasteiger partial charge in [-0.1, -0.05) is 31.9 Å². The number of aromatic nitrogens is 1. The Morgan fingerprint density at radius 1 is 1.10 bits per heavy atom.